The molecule has 0 saturated heterocycles. The van der Waals surface area contributed by atoms with E-state index in [0.717, 1.165) is 28.9 Å². The number of aliphatic hydroxyl groups is 1. The maximum atomic E-state index is 10.7. The van der Waals surface area contributed by atoms with E-state index in [2.05, 4.69) is 34.8 Å². The Balaban J connectivity index is 2.18. The largest absolute Gasteiger partial charge is 0.383 e. The van der Waals surface area contributed by atoms with Gasteiger partial charge in [0.05, 0.1) is 0 Å². The summed E-state index contributed by atoms with van der Waals surface area (Å²) in [6.07, 6.45) is 4.07. The third-order valence-electron chi connectivity index (χ3n) is 3.58. The minimum atomic E-state index is -0.677. The number of nitrogens with zero attached hydrogens (tertiary/aromatic N) is 1. The van der Waals surface area contributed by atoms with Crippen LogP contribution in [-0.2, 0) is 5.60 Å². The van der Waals surface area contributed by atoms with Crippen LogP contribution in [0.1, 0.15) is 44.5 Å². The zero-order valence-corrected chi connectivity index (χ0v) is 12.1. The highest BCUT2D eigenvalue weighted by Gasteiger charge is 2.38. The lowest BCUT2D eigenvalue weighted by Gasteiger charge is -2.37. The van der Waals surface area contributed by atoms with Crippen LogP contribution in [0, 0.1) is 11.8 Å². The Labute approximate surface area is 109 Å². The van der Waals surface area contributed by atoms with Gasteiger partial charge in [-0.25, -0.2) is 4.98 Å². The molecule has 1 aliphatic carbocycles. The monoisotopic (exact) mass is 303 g/mol. The minimum Gasteiger partial charge on any atom is -0.383 e. The molecule has 1 aromatic rings. The van der Waals surface area contributed by atoms with E-state index in [9.17, 15) is 5.11 Å². The molecule has 90 valence electrons. The van der Waals surface area contributed by atoms with E-state index < -0.39 is 5.60 Å². The van der Waals surface area contributed by atoms with Crippen LogP contribution in [0.25, 0.3) is 0 Å². The van der Waals surface area contributed by atoms with Gasteiger partial charge >= 0.3 is 0 Å². The van der Waals surface area contributed by atoms with Gasteiger partial charge in [-0.15, -0.1) is 11.3 Å². The van der Waals surface area contributed by atoms with E-state index in [4.69, 9.17) is 0 Å². The van der Waals surface area contributed by atoms with Gasteiger partial charge < -0.3 is 5.11 Å². The third kappa shape index (κ3) is 2.49. The molecule has 1 aromatic heterocycles. The van der Waals surface area contributed by atoms with E-state index in [-0.39, 0.29) is 0 Å². The van der Waals surface area contributed by atoms with Crippen LogP contribution in [0.15, 0.2) is 9.98 Å². The average Bonchev–Trinajstić information content (AvgIpc) is 2.65. The number of hydrogen-bond acceptors (Lipinski definition) is 3. The number of aromatic nitrogens is 1. The van der Waals surface area contributed by atoms with Crippen molar-refractivity contribution in [2.45, 2.75) is 45.1 Å². The molecule has 0 amide bonds. The van der Waals surface area contributed by atoms with E-state index in [1.54, 1.807) is 11.3 Å². The summed E-state index contributed by atoms with van der Waals surface area (Å²) < 4.78 is 0.840. The van der Waals surface area contributed by atoms with Gasteiger partial charge in [-0.3, -0.25) is 0 Å². The van der Waals surface area contributed by atoms with Crippen molar-refractivity contribution in [2.24, 2.45) is 11.8 Å². The molecule has 1 aliphatic rings. The van der Waals surface area contributed by atoms with Crippen LogP contribution < -0.4 is 0 Å². The van der Waals surface area contributed by atoms with Crippen LogP contribution in [0.2, 0.25) is 0 Å². The topological polar surface area (TPSA) is 33.1 Å². The van der Waals surface area contributed by atoms with Gasteiger partial charge in [-0.05, 0) is 53.4 Å². The lowest BCUT2D eigenvalue weighted by molar-refractivity contribution is -0.0297. The van der Waals surface area contributed by atoms with Gasteiger partial charge in [0.2, 0.25) is 0 Å². The summed E-state index contributed by atoms with van der Waals surface area (Å²) >= 11 is 4.92. The smallest absolute Gasteiger partial charge is 0.126 e. The van der Waals surface area contributed by atoms with Crippen LogP contribution in [-0.4, -0.2) is 10.1 Å². The lowest BCUT2D eigenvalue weighted by atomic mass is 9.74. The van der Waals surface area contributed by atoms with Crippen molar-refractivity contribution in [1.29, 1.82) is 0 Å². The molecule has 1 N–H and O–H groups in total. The van der Waals surface area contributed by atoms with Gasteiger partial charge in [0.25, 0.3) is 0 Å². The van der Waals surface area contributed by atoms with E-state index in [1.807, 2.05) is 5.38 Å². The van der Waals surface area contributed by atoms with Crippen LogP contribution >= 0.6 is 27.3 Å². The molecule has 2 atom stereocenters. The number of hydrogen-bond donors (Lipinski definition) is 1. The standard InChI is InChI=1S/C12H18BrNOS/c1-8(2)9-4-3-5-12(15,6-9)11-14-10(13)7-16-11/h7-9,15H,3-6H2,1-2H3. The van der Waals surface area contributed by atoms with Gasteiger partial charge in [0.1, 0.15) is 15.2 Å². The maximum Gasteiger partial charge on any atom is 0.126 e. The highest BCUT2D eigenvalue weighted by Crippen LogP contribution is 2.43. The van der Waals surface area contributed by atoms with Gasteiger partial charge in [-0.1, -0.05) is 13.8 Å². The molecule has 2 unspecified atom stereocenters. The first-order valence-electron chi connectivity index (χ1n) is 5.85. The zero-order chi connectivity index (χ0) is 11.8. The molecule has 1 saturated carbocycles. The predicted octanol–water partition coefficient (Wildman–Crippen LogP) is 3.94. The Morgan fingerprint density at radius 3 is 2.94 bits per heavy atom. The first-order valence-corrected chi connectivity index (χ1v) is 7.52. The Kier molecular flexibility index (Phi) is 3.72. The van der Waals surface area contributed by atoms with Crippen molar-refractivity contribution < 1.29 is 5.11 Å². The number of halogens is 1. The molecule has 0 radical (unpaired) electrons. The number of rotatable bonds is 2. The molecule has 0 bridgehead atoms. The molecule has 1 heterocycles. The summed E-state index contributed by atoms with van der Waals surface area (Å²) in [6.45, 7) is 4.49. The van der Waals surface area contributed by atoms with Crippen LogP contribution in [0.4, 0.5) is 0 Å². The Morgan fingerprint density at radius 1 is 1.62 bits per heavy atom. The van der Waals surface area contributed by atoms with Crippen molar-refractivity contribution in [3.8, 4) is 0 Å². The van der Waals surface area contributed by atoms with Crippen LogP contribution in [0.3, 0.4) is 0 Å². The van der Waals surface area contributed by atoms with Gasteiger partial charge in [-0.2, -0.15) is 0 Å². The molecule has 0 aliphatic heterocycles. The zero-order valence-electron chi connectivity index (χ0n) is 9.74. The molecule has 16 heavy (non-hydrogen) atoms. The quantitative estimate of drug-likeness (QED) is 0.897. The summed E-state index contributed by atoms with van der Waals surface area (Å²) in [5.41, 5.74) is -0.677. The molecule has 4 heteroatoms. The van der Waals surface area contributed by atoms with E-state index in [1.165, 1.54) is 6.42 Å². The summed E-state index contributed by atoms with van der Waals surface area (Å²) in [6, 6.07) is 0. The van der Waals surface area contributed by atoms with Crippen molar-refractivity contribution in [2.75, 3.05) is 0 Å². The molecule has 2 rings (SSSR count). The van der Waals surface area contributed by atoms with E-state index >= 15 is 0 Å². The van der Waals surface area contributed by atoms with Crippen molar-refractivity contribution in [1.82, 2.24) is 4.98 Å². The lowest BCUT2D eigenvalue weighted by Crippen LogP contribution is -2.34. The molecule has 2 nitrogen and oxygen atoms in total. The second kappa shape index (κ2) is 4.75. The van der Waals surface area contributed by atoms with Crippen molar-refractivity contribution >= 4 is 27.3 Å². The summed E-state index contributed by atoms with van der Waals surface area (Å²) in [5, 5.41) is 13.5. The SMILES string of the molecule is CC(C)C1CCCC(O)(c2nc(Br)cs2)C1. The summed E-state index contributed by atoms with van der Waals surface area (Å²) in [5.74, 6) is 1.27. The molecular weight excluding hydrogens is 286 g/mol. The Morgan fingerprint density at radius 2 is 2.38 bits per heavy atom. The maximum absolute atomic E-state index is 10.7. The fourth-order valence-corrected chi connectivity index (χ4v) is 3.92. The first kappa shape index (κ1) is 12.5. The van der Waals surface area contributed by atoms with E-state index in [0.29, 0.717) is 11.8 Å². The first-order chi connectivity index (χ1) is 7.51. The predicted molar refractivity (Wildman–Crippen MR) is 70.5 cm³/mol. The second-order valence-electron chi connectivity index (χ2n) is 5.11. The Bertz CT molecular complexity index is 366. The minimum absolute atomic E-state index is 0.626. The van der Waals surface area contributed by atoms with Crippen molar-refractivity contribution in [3.05, 3.63) is 15.0 Å². The molecule has 0 aromatic carbocycles. The molecular formula is C12H18BrNOS. The highest BCUT2D eigenvalue weighted by molar-refractivity contribution is 9.10. The average molecular weight is 304 g/mol. The third-order valence-corrected chi connectivity index (χ3v) is 5.33. The van der Waals surface area contributed by atoms with Gasteiger partial charge in [0, 0.05) is 5.38 Å². The second-order valence-corrected chi connectivity index (χ2v) is 6.78. The normalized spacial score (nSPS) is 30.9. The molecule has 0 spiro atoms. The summed E-state index contributed by atoms with van der Waals surface area (Å²) in [7, 11) is 0. The van der Waals surface area contributed by atoms with Gasteiger partial charge in [0.15, 0.2) is 0 Å². The van der Waals surface area contributed by atoms with Crippen LogP contribution in [0.5, 0.6) is 0 Å². The fraction of sp³-hybridized carbons (Fsp3) is 0.750. The summed E-state index contributed by atoms with van der Waals surface area (Å²) in [4.78, 5) is 4.39. The van der Waals surface area contributed by atoms with Crippen molar-refractivity contribution in [3.63, 3.8) is 0 Å². The number of thiazole rings is 1. The molecule has 1 fully saturated rings. The highest BCUT2D eigenvalue weighted by atomic mass is 79.9. The fourth-order valence-electron chi connectivity index (χ4n) is 2.53. The Hall–Kier alpha value is 0.0700.